The maximum absolute atomic E-state index is 10.7. The number of carboxylic acids is 1. The third-order valence-corrected chi connectivity index (χ3v) is 2.22. The van der Waals surface area contributed by atoms with Crippen molar-refractivity contribution >= 4 is 12.3 Å². The van der Waals surface area contributed by atoms with Gasteiger partial charge in [0.05, 0.1) is 5.56 Å². The Labute approximate surface area is 87.2 Å². The molecule has 1 aromatic carbocycles. The lowest BCUT2D eigenvalue weighted by molar-refractivity contribution is -0.115. The van der Waals surface area contributed by atoms with E-state index >= 15 is 0 Å². The number of aliphatic hydroxyl groups excluding tert-OH is 1. The average molecular weight is 208 g/mol. The number of carbonyl (C=O) groups is 2. The number of aliphatic hydroxyl groups is 1. The average Bonchev–Trinajstić information content (AvgIpc) is 2.27. The van der Waals surface area contributed by atoms with Crippen LogP contribution in [-0.2, 0) is 11.2 Å². The minimum atomic E-state index is -1.25. The van der Waals surface area contributed by atoms with Gasteiger partial charge >= 0.3 is 5.97 Å². The fourth-order valence-electron chi connectivity index (χ4n) is 1.40. The largest absolute Gasteiger partial charge is 0.478 e. The third kappa shape index (κ3) is 2.41. The highest BCUT2D eigenvalue weighted by molar-refractivity contribution is 5.88. The van der Waals surface area contributed by atoms with Gasteiger partial charge in [-0.3, -0.25) is 0 Å². The molecule has 0 saturated heterocycles. The summed E-state index contributed by atoms with van der Waals surface area (Å²) in [5.41, 5.74) is 1.22. The number of benzene rings is 1. The van der Waals surface area contributed by atoms with Crippen molar-refractivity contribution in [2.75, 3.05) is 0 Å². The molecule has 15 heavy (non-hydrogen) atoms. The molecular weight excluding hydrogens is 196 g/mol. The van der Waals surface area contributed by atoms with Crippen molar-refractivity contribution in [1.82, 2.24) is 0 Å². The molecule has 0 saturated carbocycles. The van der Waals surface area contributed by atoms with E-state index in [9.17, 15) is 14.7 Å². The molecule has 0 aliphatic rings. The zero-order valence-corrected chi connectivity index (χ0v) is 8.30. The van der Waals surface area contributed by atoms with Gasteiger partial charge in [-0.15, -0.1) is 0 Å². The maximum Gasteiger partial charge on any atom is 0.335 e. The van der Waals surface area contributed by atoms with E-state index in [1.54, 1.807) is 6.07 Å². The Kier molecular flexibility index (Phi) is 3.57. The van der Waals surface area contributed by atoms with Crippen molar-refractivity contribution in [3.8, 4) is 0 Å². The minimum Gasteiger partial charge on any atom is -0.478 e. The monoisotopic (exact) mass is 208 g/mol. The fraction of sp³-hybridized carbons (Fsp3) is 0.273. The second-order valence-electron chi connectivity index (χ2n) is 3.15. The Morgan fingerprint density at radius 1 is 1.53 bits per heavy atom. The maximum atomic E-state index is 10.7. The molecule has 0 aliphatic carbocycles. The molecule has 0 aliphatic heterocycles. The zero-order chi connectivity index (χ0) is 11.4. The quantitative estimate of drug-likeness (QED) is 0.728. The lowest BCUT2D eigenvalue weighted by Gasteiger charge is -2.10. The van der Waals surface area contributed by atoms with E-state index in [0.29, 0.717) is 18.3 Å². The third-order valence-electron chi connectivity index (χ3n) is 2.22. The van der Waals surface area contributed by atoms with Crippen LogP contribution in [0.2, 0.25) is 0 Å². The summed E-state index contributed by atoms with van der Waals surface area (Å²) in [5.74, 6) is -1.07. The summed E-state index contributed by atoms with van der Waals surface area (Å²) in [6, 6.07) is 4.41. The van der Waals surface area contributed by atoms with Gasteiger partial charge in [0.1, 0.15) is 6.10 Å². The number of hydrogen-bond donors (Lipinski definition) is 2. The Morgan fingerprint density at radius 2 is 2.20 bits per heavy atom. The van der Waals surface area contributed by atoms with Gasteiger partial charge in [-0.1, -0.05) is 13.0 Å². The van der Waals surface area contributed by atoms with Gasteiger partial charge in [-0.25, -0.2) is 4.79 Å². The summed E-state index contributed by atoms with van der Waals surface area (Å²) in [6.45, 7) is 1.87. The Balaban J connectivity index is 3.24. The lowest BCUT2D eigenvalue weighted by Crippen LogP contribution is -2.06. The highest BCUT2D eigenvalue weighted by atomic mass is 16.4. The van der Waals surface area contributed by atoms with E-state index in [1.807, 2.05) is 6.92 Å². The number of hydrogen-bond acceptors (Lipinski definition) is 3. The van der Waals surface area contributed by atoms with Crippen molar-refractivity contribution in [2.45, 2.75) is 19.4 Å². The van der Waals surface area contributed by atoms with Crippen molar-refractivity contribution in [3.63, 3.8) is 0 Å². The molecule has 0 fully saturated rings. The number of aldehydes is 1. The van der Waals surface area contributed by atoms with Crippen LogP contribution < -0.4 is 0 Å². The van der Waals surface area contributed by atoms with Gasteiger partial charge in [-0.05, 0) is 29.7 Å². The molecule has 4 heteroatoms. The highest BCUT2D eigenvalue weighted by Gasteiger charge is 2.13. The molecule has 2 N–H and O–H groups in total. The van der Waals surface area contributed by atoms with Crippen LogP contribution in [0, 0.1) is 0 Å². The zero-order valence-electron chi connectivity index (χ0n) is 8.30. The number of aryl methyl sites for hydroxylation is 1. The normalized spacial score (nSPS) is 12.1. The molecule has 80 valence electrons. The number of rotatable bonds is 4. The predicted molar refractivity (Wildman–Crippen MR) is 53.8 cm³/mol. The summed E-state index contributed by atoms with van der Waals surface area (Å²) in [4.78, 5) is 21.2. The molecule has 1 rings (SSSR count). The van der Waals surface area contributed by atoms with Crippen LogP contribution in [0.15, 0.2) is 18.2 Å². The summed E-state index contributed by atoms with van der Waals surface area (Å²) >= 11 is 0. The van der Waals surface area contributed by atoms with Crippen LogP contribution >= 0.6 is 0 Å². The van der Waals surface area contributed by atoms with Crippen LogP contribution in [0.25, 0.3) is 0 Å². The van der Waals surface area contributed by atoms with Crippen LogP contribution in [0.3, 0.4) is 0 Å². The van der Waals surface area contributed by atoms with Crippen molar-refractivity contribution < 1.29 is 19.8 Å². The molecule has 1 aromatic rings. The van der Waals surface area contributed by atoms with Gasteiger partial charge in [0.15, 0.2) is 6.29 Å². The molecular formula is C11H12O4. The van der Waals surface area contributed by atoms with Crippen molar-refractivity contribution in [1.29, 1.82) is 0 Å². The van der Waals surface area contributed by atoms with Crippen LogP contribution in [0.4, 0.5) is 0 Å². The Bertz CT molecular complexity index is 384. The predicted octanol–water partition coefficient (Wildman–Crippen LogP) is 1.18. The van der Waals surface area contributed by atoms with Gasteiger partial charge < -0.3 is 15.0 Å². The summed E-state index contributed by atoms with van der Waals surface area (Å²) < 4.78 is 0. The molecule has 0 amide bonds. The van der Waals surface area contributed by atoms with E-state index in [-0.39, 0.29) is 5.56 Å². The minimum absolute atomic E-state index is 0.0723. The first-order valence-corrected chi connectivity index (χ1v) is 4.59. The van der Waals surface area contributed by atoms with E-state index < -0.39 is 12.1 Å². The second-order valence-corrected chi connectivity index (χ2v) is 3.15. The molecule has 0 radical (unpaired) electrons. The van der Waals surface area contributed by atoms with Crippen molar-refractivity contribution in [3.05, 3.63) is 34.9 Å². The smallest absolute Gasteiger partial charge is 0.335 e. The molecule has 0 spiro atoms. The summed E-state index contributed by atoms with van der Waals surface area (Å²) in [5, 5.41) is 18.1. The van der Waals surface area contributed by atoms with Gasteiger partial charge in [-0.2, -0.15) is 0 Å². The molecule has 0 aromatic heterocycles. The van der Waals surface area contributed by atoms with Gasteiger partial charge in [0, 0.05) is 0 Å². The van der Waals surface area contributed by atoms with Crippen molar-refractivity contribution in [2.24, 2.45) is 0 Å². The van der Waals surface area contributed by atoms with E-state index in [1.165, 1.54) is 12.1 Å². The van der Waals surface area contributed by atoms with Gasteiger partial charge in [0.25, 0.3) is 0 Å². The van der Waals surface area contributed by atoms with Gasteiger partial charge in [0.2, 0.25) is 0 Å². The first-order chi connectivity index (χ1) is 7.10. The summed E-state index contributed by atoms with van der Waals surface area (Å²) in [6.07, 6.45) is -0.223. The first kappa shape index (κ1) is 11.4. The molecule has 4 nitrogen and oxygen atoms in total. The molecule has 0 bridgehead atoms. The van der Waals surface area contributed by atoms with Crippen LogP contribution in [-0.4, -0.2) is 22.5 Å². The number of carbonyl (C=O) groups excluding carboxylic acids is 1. The lowest BCUT2D eigenvalue weighted by atomic mass is 9.98. The number of aromatic carboxylic acids is 1. The SMILES string of the molecule is CCc1ccc(C(=O)O)cc1C(O)C=O. The topological polar surface area (TPSA) is 74.6 Å². The standard InChI is InChI=1S/C11H12O4/c1-2-7-3-4-8(11(14)15)5-9(7)10(13)6-12/h3-6,10,13H,2H2,1H3,(H,14,15). The van der Waals surface area contributed by atoms with E-state index in [2.05, 4.69) is 0 Å². The molecule has 1 unspecified atom stereocenters. The fourth-order valence-corrected chi connectivity index (χ4v) is 1.40. The number of carboxylic acid groups (broad SMARTS) is 1. The first-order valence-electron chi connectivity index (χ1n) is 4.59. The van der Waals surface area contributed by atoms with Crippen LogP contribution in [0.5, 0.6) is 0 Å². The van der Waals surface area contributed by atoms with Crippen LogP contribution in [0.1, 0.15) is 34.5 Å². The van der Waals surface area contributed by atoms with E-state index in [4.69, 9.17) is 5.11 Å². The molecule has 1 atom stereocenters. The second kappa shape index (κ2) is 4.70. The summed E-state index contributed by atoms with van der Waals surface area (Å²) in [7, 11) is 0. The Morgan fingerprint density at radius 3 is 2.67 bits per heavy atom. The highest BCUT2D eigenvalue weighted by Crippen LogP contribution is 2.19. The molecule has 0 heterocycles. The Hall–Kier alpha value is -1.68. The van der Waals surface area contributed by atoms with E-state index in [0.717, 1.165) is 5.56 Å².